The second-order valence-electron chi connectivity index (χ2n) is 10.1. The SMILES string of the molecule is COc1cc2c(cc1Nc1ncc(Br)c(Nc3ccc4nccnc4c3P(C)(C)=O)n1)CCN(C1COC1)C2. The molecule has 0 bridgehead atoms. The molecule has 0 radical (unpaired) electrons. The van der Waals surface area contributed by atoms with Gasteiger partial charge in [-0.15, -0.1) is 0 Å². The van der Waals surface area contributed by atoms with Crippen LogP contribution >= 0.6 is 23.1 Å². The Balaban J connectivity index is 1.30. The topological polar surface area (TPSA) is 114 Å². The second-order valence-corrected chi connectivity index (χ2v) is 14.1. The lowest BCUT2D eigenvalue weighted by Gasteiger charge is -2.40. The quantitative estimate of drug-likeness (QED) is 0.286. The molecule has 0 amide bonds. The van der Waals surface area contributed by atoms with Crippen LogP contribution in [-0.2, 0) is 22.3 Å². The van der Waals surface area contributed by atoms with Crippen LogP contribution in [0.4, 0.5) is 23.1 Å². The third-order valence-corrected chi connectivity index (χ3v) is 9.21. The minimum Gasteiger partial charge on any atom is -0.495 e. The van der Waals surface area contributed by atoms with E-state index in [0.29, 0.717) is 44.3 Å². The highest BCUT2D eigenvalue weighted by atomic mass is 79.9. The molecule has 2 N–H and O–H groups in total. The van der Waals surface area contributed by atoms with E-state index in [-0.39, 0.29) is 0 Å². The summed E-state index contributed by atoms with van der Waals surface area (Å²) in [7, 11) is -1.05. The average Bonchev–Trinajstić information content (AvgIpc) is 2.88. The maximum atomic E-state index is 13.3. The molecule has 1 saturated heterocycles. The molecule has 4 aromatic rings. The Morgan fingerprint density at radius 1 is 1.08 bits per heavy atom. The van der Waals surface area contributed by atoms with Gasteiger partial charge in [-0.05, 0) is 71.1 Å². The summed E-state index contributed by atoms with van der Waals surface area (Å²) in [5.74, 6) is 1.66. The second kappa shape index (κ2) is 10.5. The van der Waals surface area contributed by atoms with Crippen molar-refractivity contribution in [2.45, 2.75) is 19.0 Å². The van der Waals surface area contributed by atoms with Gasteiger partial charge in [0.2, 0.25) is 5.95 Å². The molecule has 2 aromatic heterocycles. The summed E-state index contributed by atoms with van der Waals surface area (Å²) in [6.45, 7) is 6.97. The van der Waals surface area contributed by atoms with Gasteiger partial charge < -0.3 is 24.7 Å². The molecular weight excluding hydrogens is 581 g/mol. The summed E-state index contributed by atoms with van der Waals surface area (Å²) in [6.07, 6.45) is 5.88. The van der Waals surface area contributed by atoms with Crippen LogP contribution in [0.25, 0.3) is 11.0 Å². The largest absolute Gasteiger partial charge is 0.495 e. The van der Waals surface area contributed by atoms with Gasteiger partial charge in [0.15, 0.2) is 0 Å². The van der Waals surface area contributed by atoms with E-state index in [1.165, 1.54) is 11.1 Å². The van der Waals surface area contributed by atoms with Gasteiger partial charge in [-0.25, -0.2) is 4.98 Å². The Kier molecular flexibility index (Phi) is 7.01. The highest BCUT2D eigenvalue weighted by Crippen LogP contribution is 2.41. The van der Waals surface area contributed by atoms with E-state index in [1.54, 1.807) is 39.0 Å². The molecule has 4 heterocycles. The highest BCUT2D eigenvalue weighted by molar-refractivity contribution is 9.10. The van der Waals surface area contributed by atoms with Gasteiger partial charge in [0.25, 0.3) is 0 Å². The van der Waals surface area contributed by atoms with Gasteiger partial charge in [-0.3, -0.25) is 14.9 Å². The molecule has 0 aliphatic carbocycles. The third-order valence-electron chi connectivity index (χ3n) is 7.10. The van der Waals surface area contributed by atoms with Crippen LogP contribution in [0.3, 0.4) is 0 Å². The third kappa shape index (κ3) is 5.24. The van der Waals surface area contributed by atoms with Gasteiger partial charge >= 0.3 is 0 Å². The Bertz CT molecular complexity index is 1610. The molecule has 6 rings (SSSR count). The number of fused-ring (bicyclic) bond motifs is 2. The van der Waals surface area contributed by atoms with E-state index in [9.17, 15) is 4.57 Å². The van der Waals surface area contributed by atoms with Gasteiger partial charge in [-0.1, -0.05) is 0 Å². The lowest BCUT2D eigenvalue weighted by molar-refractivity contribution is -0.0695. The maximum absolute atomic E-state index is 13.3. The number of aromatic nitrogens is 4. The summed E-state index contributed by atoms with van der Waals surface area (Å²) in [6, 6.07) is 8.46. The van der Waals surface area contributed by atoms with Gasteiger partial charge in [0, 0.05) is 31.7 Å². The number of ether oxygens (including phenoxy) is 2. The molecule has 2 aromatic carbocycles. The van der Waals surface area contributed by atoms with E-state index in [0.717, 1.165) is 44.2 Å². The fourth-order valence-corrected chi connectivity index (χ4v) is 6.73. The first-order chi connectivity index (χ1) is 18.8. The predicted octanol–water partition coefficient (Wildman–Crippen LogP) is 4.68. The molecule has 202 valence electrons. The van der Waals surface area contributed by atoms with Crippen LogP contribution < -0.4 is 20.7 Å². The first kappa shape index (κ1) is 26.1. The van der Waals surface area contributed by atoms with Crippen molar-refractivity contribution in [3.63, 3.8) is 0 Å². The van der Waals surface area contributed by atoms with E-state index in [4.69, 9.17) is 14.5 Å². The zero-order chi connectivity index (χ0) is 27.1. The van der Waals surface area contributed by atoms with E-state index in [1.807, 2.05) is 12.1 Å². The Hall–Kier alpha value is -3.11. The number of hydrogen-bond donors (Lipinski definition) is 2. The van der Waals surface area contributed by atoms with Crippen LogP contribution in [0.1, 0.15) is 11.1 Å². The monoisotopic (exact) mass is 609 g/mol. The van der Waals surface area contributed by atoms with Crippen molar-refractivity contribution in [3.8, 4) is 5.75 Å². The average molecular weight is 610 g/mol. The number of halogens is 1. The lowest BCUT2D eigenvalue weighted by Crippen LogP contribution is -2.50. The number of rotatable bonds is 7. The van der Waals surface area contributed by atoms with Crippen molar-refractivity contribution >= 4 is 62.6 Å². The molecule has 10 nitrogen and oxygen atoms in total. The molecule has 0 saturated carbocycles. The van der Waals surface area contributed by atoms with Crippen molar-refractivity contribution in [1.29, 1.82) is 0 Å². The number of anilines is 4. The Morgan fingerprint density at radius 2 is 1.90 bits per heavy atom. The van der Waals surface area contributed by atoms with Crippen molar-refractivity contribution in [2.75, 3.05) is 50.8 Å². The number of benzene rings is 2. The van der Waals surface area contributed by atoms with E-state index < -0.39 is 7.14 Å². The normalized spacial score (nSPS) is 16.0. The first-order valence-electron chi connectivity index (χ1n) is 12.7. The van der Waals surface area contributed by atoms with Crippen molar-refractivity contribution in [3.05, 3.63) is 58.5 Å². The number of methoxy groups -OCH3 is 1. The van der Waals surface area contributed by atoms with Gasteiger partial charge in [-0.2, -0.15) is 4.98 Å². The molecule has 0 atom stereocenters. The Labute approximate surface area is 235 Å². The summed E-state index contributed by atoms with van der Waals surface area (Å²) in [5, 5.41) is 7.32. The predicted molar refractivity (Wildman–Crippen MR) is 157 cm³/mol. The summed E-state index contributed by atoms with van der Waals surface area (Å²) in [5.41, 5.74) is 5.32. The molecule has 0 spiro atoms. The smallest absolute Gasteiger partial charge is 0.229 e. The van der Waals surface area contributed by atoms with Crippen LogP contribution in [-0.4, -0.2) is 71.1 Å². The Morgan fingerprint density at radius 3 is 2.64 bits per heavy atom. The summed E-state index contributed by atoms with van der Waals surface area (Å²) in [4.78, 5) is 20.5. The number of nitrogens with one attached hydrogen (secondary N) is 2. The molecule has 2 aliphatic rings. The van der Waals surface area contributed by atoms with Crippen molar-refractivity contribution in [2.24, 2.45) is 0 Å². The summed E-state index contributed by atoms with van der Waals surface area (Å²) >= 11 is 3.55. The standard InChI is InChI=1S/C27H29BrN7O3P/c1-37-23-11-17-13-35(18-14-38-15-18)9-6-16(17)10-22(23)33-27-31-12-19(28)26(34-27)32-21-5-4-20-24(30-8-7-29-20)25(21)39(2,3)36/h4-5,7-8,10-12,18H,6,9,13-15H2,1-3H3,(H2,31,32,33,34). The first-order valence-corrected chi connectivity index (χ1v) is 16.1. The van der Waals surface area contributed by atoms with Crippen LogP contribution in [0.2, 0.25) is 0 Å². The van der Waals surface area contributed by atoms with Crippen LogP contribution in [0.5, 0.6) is 5.75 Å². The number of hydrogen-bond acceptors (Lipinski definition) is 10. The fourth-order valence-electron chi connectivity index (χ4n) is 5.05. The maximum Gasteiger partial charge on any atom is 0.229 e. The van der Waals surface area contributed by atoms with Gasteiger partial charge in [0.05, 0.1) is 53.0 Å². The van der Waals surface area contributed by atoms with E-state index in [2.05, 4.69) is 58.5 Å². The molecule has 1 fully saturated rings. The zero-order valence-electron chi connectivity index (χ0n) is 21.9. The van der Waals surface area contributed by atoms with Crippen molar-refractivity contribution in [1.82, 2.24) is 24.8 Å². The minimum atomic E-state index is -2.72. The van der Waals surface area contributed by atoms with Crippen LogP contribution in [0, 0.1) is 0 Å². The molecule has 39 heavy (non-hydrogen) atoms. The number of nitrogens with zero attached hydrogens (tertiary/aromatic N) is 5. The van der Waals surface area contributed by atoms with Crippen molar-refractivity contribution < 1.29 is 14.0 Å². The zero-order valence-corrected chi connectivity index (χ0v) is 24.4. The fraction of sp³-hybridized carbons (Fsp3) is 0.333. The minimum absolute atomic E-state index is 0.404. The molecule has 0 unspecified atom stereocenters. The summed E-state index contributed by atoms with van der Waals surface area (Å²) < 4.78 is 25.1. The lowest BCUT2D eigenvalue weighted by atomic mass is 9.97. The molecule has 2 aliphatic heterocycles. The molecule has 12 heteroatoms. The van der Waals surface area contributed by atoms with Crippen LogP contribution in [0.15, 0.2) is 47.3 Å². The van der Waals surface area contributed by atoms with E-state index >= 15 is 0 Å². The molecular formula is C27H29BrN7O3P. The highest BCUT2D eigenvalue weighted by Gasteiger charge is 2.29. The van der Waals surface area contributed by atoms with Gasteiger partial charge in [0.1, 0.15) is 24.2 Å².